The number of thiocyanates is 2. The third-order valence-electron chi connectivity index (χ3n) is 0.309. The van der Waals surface area contributed by atoms with Crippen LogP contribution in [0, 0.1) is 26.7 Å². The number of hydrogen-bond acceptors (Lipinski definition) is 7. The first-order valence-electron chi connectivity index (χ1n) is 1.85. The van der Waals surface area contributed by atoms with E-state index in [4.69, 9.17) is 15.9 Å². The third kappa shape index (κ3) is 5.09. The first-order chi connectivity index (χ1) is 4.81. The van der Waals surface area contributed by atoms with E-state index >= 15 is 0 Å². The van der Waals surface area contributed by atoms with E-state index in [1.807, 2.05) is 0 Å². The second-order valence-electron chi connectivity index (χ2n) is 0.803. The SMILES string of the molecule is N#CSOC(=N)OSC#N. The Labute approximate surface area is 65.8 Å². The summed E-state index contributed by atoms with van der Waals surface area (Å²) in [4.78, 5) is 0. The highest BCUT2D eigenvalue weighted by Crippen LogP contribution is 2.05. The minimum Gasteiger partial charge on any atom is -0.360 e. The average molecular weight is 175 g/mol. The van der Waals surface area contributed by atoms with Crippen LogP contribution in [0.25, 0.3) is 0 Å². The summed E-state index contributed by atoms with van der Waals surface area (Å²) in [5.74, 6) is 0. The molecule has 0 aliphatic rings. The fourth-order valence-corrected chi connectivity index (χ4v) is 0.464. The molecule has 0 rings (SSSR count). The van der Waals surface area contributed by atoms with Gasteiger partial charge in [0.2, 0.25) is 0 Å². The zero-order valence-corrected chi connectivity index (χ0v) is 6.16. The van der Waals surface area contributed by atoms with Gasteiger partial charge in [-0.2, -0.15) is 10.5 Å². The van der Waals surface area contributed by atoms with Crippen molar-refractivity contribution in [2.24, 2.45) is 0 Å². The average Bonchev–Trinajstić information content (AvgIpc) is 1.97. The highest BCUT2D eigenvalue weighted by molar-refractivity contribution is 8.00. The van der Waals surface area contributed by atoms with Crippen molar-refractivity contribution < 1.29 is 8.37 Å². The molecule has 0 saturated heterocycles. The molecule has 0 amide bonds. The molecule has 0 unspecified atom stereocenters. The Hall–Kier alpha value is -1.05. The largest absolute Gasteiger partial charge is 0.407 e. The normalized spacial score (nSPS) is 7.00. The van der Waals surface area contributed by atoms with E-state index in [9.17, 15) is 0 Å². The van der Waals surface area contributed by atoms with E-state index in [1.54, 1.807) is 10.8 Å². The van der Waals surface area contributed by atoms with Gasteiger partial charge in [0, 0.05) is 0 Å². The molecule has 0 aliphatic carbocycles. The van der Waals surface area contributed by atoms with Crippen molar-refractivity contribution in [2.45, 2.75) is 0 Å². The summed E-state index contributed by atoms with van der Waals surface area (Å²) >= 11 is 0.800. The van der Waals surface area contributed by atoms with Gasteiger partial charge >= 0.3 is 6.08 Å². The summed E-state index contributed by atoms with van der Waals surface area (Å²) in [7, 11) is 0. The first-order valence-corrected chi connectivity index (χ1v) is 3.33. The fraction of sp³-hybridized carbons (Fsp3) is 0. The Morgan fingerprint density at radius 2 is 1.60 bits per heavy atom. The molecule has 0 aromatic heterocycles. The van der Waals surface area contributed by atoms with Crippen LogP contribution >= 0.6 is 24.1 Å². The number of nitriles is 2. The summed E-state index contributed by atoms with van der Waals surface area (Å²) in [5, 5.41) is 25.6. The highest BCUT2D eigenvalue weighted by Gasteiger charge is 1.98. The van der Waals surface area contributed by atoms with E-state index < -0.39 is 6.08 Å². The standard InChI is InChI=1S/C3HN3O2S2/c4-1-9-7-3(6)8-10-2-5/h6H. The molecular formula is C3HN3O2S2. The summed E-state index contributed by atoms with van der Waals surface area (Å²) in [5.41, 5.74) is 0. The van der Waals surface area contributed by atoms with E-state index in [-0.39, 0.29) is 0 Å². The molecule has 0 radical (unpaired) electrons. The van der Waals surface area contributed by atoms with Crippen molar-refractivity contribution in [1.29, 1.82) is 15.9 Å². The Bertz CT molecular complexity index is 173. The first kappa shape index (κ1) is 8.95. The summed E-state index contributed by atoms with van der Waals surface area (Å²) in [6.07, 6.45) is -0.571. The number of nitrogens with zero attached hydrogens (tertiary/aromatic N) is 2. The van der Waals surface area contributed by atoms with Crippen LogP contribution in [-0.4, -0.2) is 6.08 Å². The van der Waals surface area contributed by atoms with Gasteiger partial charge in [-0.3, -0.25) is 0 Å². The van der Waals surface area contributed by atoms with Crippen LogP contribution in [0.15, 0.2) is 0 Å². The second-order valence-corrected chi connectivity index (χ2v) is 1.84. The van der Waals surface area contributed by atoms with Gasteiger partial charge < -0.3 is 8.37 Å². The molecule has 0 aromatic carbocycles. The molecule has 5 nitrogen and oxygen atoms in total. The fourth-order valence-electron chi connectivity index (χ4n) is 0.127. The van der Waals surface area contributed by atoms with E-state index in [0.29, 0.717) is 24.1 Å². The Morgan fingerprint density at radius 3 is 1.90 bits per heavy atom. The van der Waals surface area contributed by atoms with Gasteiger partial charge in [0.05, 0.1) is 0 Å². The molecule has 0 bridgehead atoms. The van der Waals surface area contributed by atoms with Crippen molar-refractivity contribution in [2.75, 3.05) is 0 Å². The quantitative estimate of drug-likeness (QED) is 0.293. The van der Waals surface area contributed by atoms with Gasteiger partial charge in [-0.25, -0.2) is 5.41 Å². The van der Waals surface area contributed by atoms with Crippen LogP contribution in [0.2, 0.25) is 0 Å². The summed E-state index contributed by atoms with van der Waals surface area (Å²) < 4.78 is 8.48. The van der Waals surface area contributed by atoms with Crippen LogP contribution in [0.3, 0.4) is 0 Å². The van der Waals surface area contributed by atoms with Crippen LogP contribution in [0.4, 0.5) is 0 Å². The molecule has 52 valence electrons. The van der Waals surface area contributed by atoms with E-state index in [0.717, 1.165) is 0 Å². The second kappa shape index (κ2) is 6.08. The summed E-state index contributed by atoms with van der Waals surface area (Å²) in [6.45, 7) is 0. The lowest BCUT2D eigenvalue weighted by Gasteiger charge is -1.95. The zero-order valence-electron chi connectivity index (χ0n) is 4.53. The van der Waals surface area contributed by atoms with Crippen molar-refractivity contribution in [1.82, 2.24) is 0 Å². The summed E-state index contributed by atoms with van der Waals surface area (Å²) in [6, 6.07) is 0. The van der Waals surface area contributed by atoms with Crippen LogP contribution in [0.5, 0.6) is 0 Å². The maximum Gasteiger partial charge on any atom is 0.407 e. The van der Waals surface area contributed by atoms with Gasteiger partial charge in [0.25, 0.3) is 0 Å². The number of hydrogen-bond donors (Lipinski definition) is 1. The van der Waals surface area contributed by atoms with E-state index in [1.165, 1.54) is 0 Å². The maximum atomic E-state index is 7.90. The van der Waals surface area contributed by atoms with Gasteiger partial charge in [-0.15, -0.1) is 0 Å². The van der Waals surface area contributed by atoms with Gasteiger partial charge in [0.1, 0.15) is 0 Å². The Balaban J connectivity index is 3.30. The molecule has 10 heavy (non-hydrogen) atoms. The predicted octanol–water partition coefficient (Wildman–Crippen LogP) is 1.21. The molecule has 0 atom stereocenters. The lowest BCUT2D eigenvalue weighted by atomic mass is 11.4. The third-order valence-corrected chi connectivity index (χ3v) is 0.928. The molecule has 1 N–H and O–H groups in total. The maximum absolute atomic E-state index is 7.90. The monoisotopic (exact) mass is 175 g/mol. The lowest BCUT2D eigenvalue weighted by Crippen LogP contribution is -1.95. The number of rotatable bonds is 2. The molecule has 0 heterocycles. The number of nitrogens with one attached hydrogen (secondary N) is 1. The topological polar surface area (TPSA) is 89.9 Å². The van der Waals surface area contributed by atoms with Crippen molar-refractivity contribution >= 4 is 30.2 Å². The zero-order chi connectivity index (χ0) is 7.82. The Kier molecular flexibility index (Phi) is 5.44. The van der Waals surface area contributed by atoms with Crippen LogP contribution < -0.4 is 0 Å². The molecule has 0 aromatic rings. The molecule has 0 saturated carbocycles. The van der Waals surface area contributed by atoms with Gasteiger partial charge in [-0.05, 0) is 0 Å². The lowest BCUT2D eigenvalue weighted by molar-refractivity contribution is 0.459. The predicted molar refractivity (Wildman–Crippen MR) is 36.3 cm³/mol. The van der Waals surface area contributed by atoms with Crippen molar-refractivity contribution in [3.63, 3.8) is 0 Å². The molecule has 0 fully saturated rings. The molecule has 7 heteroatoms. The van der Waals surface area contributed by atoms with Gasteiger partial charge in [0.15, 0.2) is 34.9 Å². The van der Waals surface area contributed by atoms with Crippen LogP contribution in [0.1, 0.15) is 0 Å². The van der Waals surface area contributed by atoms with Crippen molar-refractivity contribution in [3.8, 4) is 10.8 Å². The minimum atomic E-state index is -0.571. The molecule has 0 aliphatic heterocycles. The smallest absolute Gasteiger partial charge is 0.360 e. The minimum absolute atomic E-state index is 0.400. The Morgan fingerprint density at radius 1 is 1.20 bits per heavy atom. The molecular weight excluding hydrogens is 174 g/mol. The van der Waals surface area contributed by atoms with E-state index in [2.05, 4.69) is 8.37 Å². The van der Waals surface area contributed by atoms with Crippen LogP contribution in [-0.2, 0) is 8.37 Å². The molecule has 0 spiro atoms. The van der Waals surface area contributed by atoms with Crippen molar-refractivity contribution in [3.05, 3.63) is 0 Å². The van der Waals surface area contributed by atoms with Gasteiger partial charge in [-0.1, -0.05) is 0 Å². The highest BCUT2D eigenvalue weighted by atomic mass is 32.2.